The Morgan fingerprint density at radius 2 is 1.95 bits per heavy atom. The number of ether oxygens (including phenoxy) is 1. The standard InChI is InChI=1S/C15H15NO3S/c1-2-19-15(18)12-8-9-20-14(12)16-13(17)10-11-6-4-3-5-7-11/h3-9H,2,10H2,1H3,(H,16,17). The average Bonchev–Trinajstić information content (AvgIpc) is 2.88. The molecule has 1 amide bonds. The van der Waals surface area contributed by atoms with Gasteiger partial charge in [-0.2, -0.15) is 0 Å². The minimum absolute atomic E-state index is 0.149. The van der Waals surface area contributed by atoms with Crippen LogP contribution in [-0.4, -0.2) is 18.5 Å². The lowest BCUT2D eigenvalue weighted by Gasteiger charge is -2.06. The normalized spacial score (nSPS) is 10.1. The van der Waals surface area contributed by atoms with Gasteiger partial charge in [0.2, 0.25) is 5.91 Å². The van der Waals surface area contributed by atoms with Gasteiger partial charge >= 0.3 is 5.97 Å². The number of carbonyl (C=O) groups excluding carboxylic acids is 2. The van der Waals surface area contributed by atoms with Crippen LogP contribution < -0.4 is 5.32 Å². The minimum atomic E-state index is -0.413. The van der Waals surface area contributed by atoms with Crippen LogP contribution in [0.3, 0.4) is 0 Å². The number of amides is 1. The molecule has 1 aromatic heterocycles. The van der Waals surface area contributed by atoms with Crippen molar-refractivity contribution in [2.75, 3.05) is 11.9 Å². The average molecular weight is 289 g/mol. The highest BCUT2D eigenvalue weighted by atomic mass is 32.1. The molecule has 0 atom stereocenters. The molecule has 0 saturated heterocycles. The van der Waals surface area contributed by atoms with E-state index in [-0.39, 0.29) is 12.3 Å². The number of anilines is 1. The van der Waals surface area contributed by atoms with E-state index >= 15 is 0 Å². The molecule has 1 heterocycles. The number of rotatable bonds is 5. The van der Waals surface area contributed by atoms with Crippen molar-refractivity contribution in [2.45, 2.75) is 13.3 Å². The Morgan fingerprint density at radius 1 is 1.20 bits per heavy atom. The van der Waals surface area contributed by atoms with Crippen molar-refractivity contribution in [3.63, 3.8) is 0 Å². The molecule has 0 unspecified atom stereocenters. The second kappa shape index (κ2) is 6.86. The van der Waals surface area contributed by atoms with Gasteiger partial charge in [0.05, 0.1) is 18.6 Å². The molecule has 4 nitrogen and oxygen atoms in total. The van der Waals surface area contributed by atoms with Gasteiger partial charge in [-0.15, -0.1) is 11.3 Å². The molecular formula is C15H15NO3S. The summed E-state index contributed by atoms with van der Waals surface area (Å²) in [7, 11) is 0. The first-order valence-electron chi connectivity index (χ1n) is 6.29. The Balaban J connectivity index is 2.02. The number of thiophene rings is 1. The van der Waals surface area contributed by atoms with E-state index in [1.54, 1.807) is 18.4 Å². The Kier molecular flexibility index (Phi) is 4.90. The molecule has 0 aliphatic heterocycles. The van der Waals surface area contributed by atoms with Crippen molar-refractivity contribution in [2.24, 2.45) is 0 Å². The van der Waals surface area contributed by atoms with Crippen LogP contribution in [0.2, 0.25) is 0 Å². The lowest BCUT2D eigenvalue weighted by molar-refractivity contribution is -0.115. The summed E-state index contributed by atoms with van der Waals surface area (Å²) < 4.78 is 4.94. The maximum atomic E-state index is 12.0. The van der Waals surface area contributed by atoms with Crippen LogP contribution in [0.25, 0.3) is 0 Å². The number of esters is 1. The topological polar surface area (TPSA) is 55.4 Å². The monoisotopic (exact) mass is 289 g/mol. The van der Waals surface area contributed by atoms with E-state index in [4.69, 9.17) is 4.74 Å². The Hall–Kier alpha value is -2.14. The van der Waals surface area contributed by atoms with Gasteiger partial charge in [-0.1, -0.05) is 30.3 Å². The zero-order valence-corrected chi connectivity index (χ0v) is 11.9. The zero-order chi connectivity index (χ0) is 14.4. The fraction of sp³-hybridized carbons (Fsp3) is 0.200. The number of hydrogen-bond acceptors (Lipinski definition) is 4. The number of benzene rings is 1. The van der Waals surface area contributed by atoms with Crippen molar-refractivity contribution in [3.05, 3.63) is 52.9 Å². The van der Waals surface area contributed by atoms with Crippen molar-refractivity contribution in [3.8, 4) is 0 Å². The van der Waals surface area contributed by atoms with Crippen molar-refractivity contribution in [1.82, 2.24) is 0 Å². The molecule has 20 heavy (non-hydrogen) atoms. The molecule has 1 aromatic carbocycles. The molecule has 2 rings (SSSR count). The van der Waals surface area contributed by atoms with Crippen LogP contribution in [0.1, 0.15) is 22.8 Å². The second-order valence-electron chi connectivity index (χ2n) is 4.09. The van der Waals surface area contributed by atoms with Gasteiger partial charge < -0.3 is 10.1 Å². The smallest absolute Gasteiger partial charge is 0.341 e. The molecule has 0 saturated carbocycles. The van der Waals surface area contributed by atoms with Crippen molar-refractivity contribution in [1.29, 1.82) is 0 Å². The van der Waals surface area contributed by atoms with E-state index in [2.05, 4.69) is 5.32 Å². The summed E-state index contributed by atoms with van der Waals surface area (Å²) in [6, 6.07) is 11.1. The lowest BCUT2D eigenvalue weighted by Crippen LogP contribution is -2.16. The Bertz CT molecular complexity index is 592. The molecule has 0 radical (unpaired) electrons. The highest BCUT2D eigenvalue weighted by Crippen LogP contribution is 2.24. The maximum absolute atomic E-state index is 12.0. The van der Waals surface area contributed by atoms with Crippen molar-refractivity contribution < 1.29 is 14.3 Å². The summed E-state index contributed by atoms with van der Waals surface area (Å²) in [4.78, 5) is 23.7. The number of nitrogens with one attached hydrogen (secondary N) is 1. The van der Waals surface area contributed by atoms with Crippen LogP contribution in [0.5, 0.6) is 0 Å². The van der Waals surface area contributed by atoms with E-state index in [1.165, 1.54) is 11.3 Å². The van der Waals surface area contributed by atoms with Crippen LogP contribution in [0.15, 0.2) is 41.8 Å². The molecule has 0 aliphatic rings. The fourth-order valence-corrected chi connectivity index (χ4v) is 2.52. The third-order valence-electron chi connectivity index (χ3n) is 2.62. The van der Waals surface area contributed by atoms with E-state index in [0.717, 1.165) is 5.56 Å². The van der Waals surface area contributed by atoms with Crippen LogP contribution in [0.4, 0.5) is 5.00 Å². The molecule has 2 aromatic rings. The largest absolute Gasteiger partial charge is 0.462 e. The third-order valence-corrected chi connectivity index (χ3v) is 3.45. The van der Waals surface area contributed by atoms with Gasteiger partial charge in [0, 0.05) is 0 Å². The summed E-state index contributed by atoms with van der Waals surface area (Å²) in [5, 5.41) is 5.04. The number of carbonyl (C=O) groups is 2. The molecule has 5 heteroatoms. The first kappa shape index (κ1) is 14.3. The molecule has 0 spiro atoms. The number of hydrogen-bond donors (Lipinski definition) is 1. The van der Waals surface area contributed by atoms with E-state index in [1.807, 2.05) is 30.3 Å². The van der Waals surface area contributed by atoms with Crippen LogP contribution in [-0.2, 0) is 16.0 Å². The quantitative estimate of drug-likeness (QED) is 0.860. The molecule has 0 aliphatic carbocycles. The summed E-state index contributed by atoms with van der Waals surface area (Å²) in [6.07, 6.45) is 0.279. The summed E-state index contributed by atoms with van der Waals surface area (Å²) >= 11 is 1.31. The highest BCUT2D eigenvalue weighted by molar-refractivity contribution is 7.14. The second-order valence-corrected chi connectivity index (χ2v) is 5.01. The fourth-order valence-electron chi connectivity index (χ4n) is 1.73. The van der Waals surface area contributed by atoms with Crippen molar-refractivity contribution >= 4 is 28.2 Å². The molecule has 0 fully saturated rings. The Morgan fingerprint density at radius 3 is 2.65 bits per heavy atom. The van der Waals surface area contributed by atoms with E-state index in [0.29, 0.717) is 17.2 Å². The highest BCUT2D eigenvalue weighted by Gasteiger charge is 2.15. The van der Waals surface area contributed by atoms with Gasteiger partial charge in [-0.3, -0.25) is 4.79 Å². The predicted molar refractivity (Wildman–Crippen MR) is 79.1 cm³/mol. The zero-order valence-electron chi connectivity index (χ0n) is 11.1. The summed E-state index contributed by atoms with van der Waals surface area (Å²) in [5.41, 5.74) is 1.33. The van der Waals surface area contributed by atoms with Gasteiger partial charge in [-0.25, -0.2) is 4.79 Å². The first-order chi connectivity index (χ1) is 9.70. The Labute approximate surface area is 121 Å². The third kappa shape index (κ3) is 3.68. The SMILES string of the molecule is CCOC(=O)c1ccsc1NC(=O)Cc1ccccc1. The molecule has 0 bridgehead atoms. The van der Waals surface area contributed by atoms with Crippen LogP contribution >= 0.6 is 11.3 Å². The van der Waals surface area contributed by atoms with Gasteiger partial charge in [0.15, 0.2) is 0 Å². The predicted octanol–water partition coefficient (Wildman–Crippen LogP) is 3.11. The van der Waals surface area contributed by atoms with Gasteiger partial charge in [0.25, 0.3) is 0 Å². The van der Waals surface area contributed by atoms with Crippen LogP contribution in [0, 0.1) is 0 Å². The van der Waals surface area contributed by atoms with Gasteiger partial charge in [-0.05, 0) is 23.9 Å². The molecular weight excluding hydrogens is 274 g/mol. The molecule has 1 N–H and O–H groups in total. The minimum Gasteiger partial charge on any atom is -0.462 e. The summed E-state index contributed by atoms with van der Waals surface area (Å²) in [6.45, 7) is 2.06. The molecule has 104 valence electrons. The lowest BCUT2D eigenvalue weighted by atomic mass is 10.1. The maximum Gasteiger partial charge on any atom is 0.341 e. The summed E-state index contributed by atoms with van der Waals surface area (Å²) in [5.74, 6) is -0.562. The first-order valence-corrected chi connectivity index (χ1v) is 7.17. The van der Waals surface area contributed by atoms with E-state index < -0.39 is 5.97 Å². The van der Waals surface area contributed by atoms with E-state index in [9.17, 15) is 9.59 Å². The van der Waals surface area contributed by atoms with Gasteiger partial charge in [0.1, 0.15) is 5.00 Å².